The number of pyridine rings is 1. The molecular weight excluding hydrogens is 498 g/mol. The highest BCUT2D eigenvalue weighted by Crippen LogP contribution is 2.35. The monoisotopic (exact) mass is 525 g/mol. The molecule has 1 heterocycles. The maximum absolute atomic E-state index is 9.86. The maximum Gasteiger partial charge on any atom is 0.0998 e. The highest BCUT2D eigenvalue weighted by molar-refractivity contribution is 5.90. The Balaban J connectivity index is 1.22. The first-order chi connectivity index (χ1) is 20.3. The van der Waals surface area contributed by atoms with Gasteiger partial charge < -0.3 is 4.90 Å². The van der Waals surface area contributed by atoms with Crippen molar-refractivity contribution in [3.63, 3.8) is 0 Å². The molecule has 0 aliphatic heterocycles. The predicted molar refractivity (Wildman–Crippen MR) is 170 cm³/mol. The van der Waals surface area contributed by atoms with Crippen molar-refractivity contribution in [1.82, 2.24) is 4.98 Å². The standard InChI is InChI=1S/C38H27N3/c39-28-35(33-17-15-31(16-18-33)34-23-25-40-26-24-34)27-29-11-13-30(14-12-29)32-19-21-38(22-20-32)41(36-7-3-1-4-8-36)37-9-5-2-6-10-37/h1-27H/b35-27+. The quantitative estimate of drug-likeness (QED) is 0.154. The Bertz CT molecular complexity index is 1750. The van der Waals surface area contributed by atoms with Gasteiger partial charge in [-0.3, -0.25) is 4.98 Å². The van der Waals surface area contributed by atoms with E-state index in [1.165, 1.54) is 0 Å². The molecule has 0 spiro atoms. The van der Waals surface area contributed by atoms with Gasteiger partial charge in [-0.15, -0.1) is 0 Å². The minimum Gasteiger partial charge on any atom is -0.311 e. The van der Waals surface area contributed by atoms with Crippen molar-refractivity contribution in [2.75, 3.05) is 4.90 Å². The summed E-state index contributed by atoms with van der Waals surface area (Å²) in [6.07, 6.45) is 5.50. The van der Waals surface area contributed by atoms with E-state index in [4.69, 9.17) is 0 Å². The van der Waals surface area contributed by atoms with Crippen LogP contribution >= 0.6 is 0 Å². The fourth-order valence-corrected chi connectivity index (χ4v) is 4.91. The topological polar surface area (TPSA) is 39.9 Å². The summed E-state index contributed by atoms with van der Waals surface area (Å²) >= 11 is 0. The van der Waals surface area contributed by atoms with Gasteiger partial charge in [-0.2, -0.15) is 5.26 Å². The van der Waals surface area contributed by atoms with E-state index in [0.29, 0.717) is 5.57 Å². The van der Waals surface area contributed by atoms with Crippen LogP contribution in [0.3, 0.4) is 0 Å². The van der Waals surface area contributed by atoms with Crippen LogP contribution in [-0.2, 0) is 0 Å². The molecule has 0 aliphatic carbocycles. The average Bonchev–Trinajstić information content (AvgIpc) is 3.06. The number of nitriles is 1. The Morgan fingerprint density at radius 1 is 0.512 bits per heavy atom. The SMILES string of the molecule is N#C/C(=C\c1ccc(-c2ccc(N(c3ccccc3)c3ccccc3)cc2)cc1)c1ccc(-c2ccncc2)cc1. The first kappa shape index (κ1) is 25.6. The third kappa shape index (κ3) is 5.83. The van der Waals surface area contributed by atoms with Gasteiger partial charge >= 0.3 is 0 Å². The second-order valence-electron chi connectivity index (χ2n) is 9.66. The summed E-state index contributed by atoms with van der Waals surface area (Å²) in [7, 11) is 0. The molecule has 1 aromatic heterocycles. The zero-order chi connectivity index (χ0) is 27.9. The van der Waals surface area contributed by atoms with Gasteiger partial charge in [0.2, 0.25) is 0 Å². The molecule has 0 unspecified atom stereocenters. The second-order valence-corrected chi connectivity index (χ2v) is 9.66. The Kier molecular flexibility index (Phi) is 7.47. The minimum absolute atomic E-state index is 0.630. The average molecular weight is 526 g/mol. The van der Waals surface area contributed by atoms with Crippen molar-refractivity contribution in [2.24, 2.45) is 0 Å². The molecule has 0 N–H and O–H groups in total. The summed E-state index contributed by atoms with van der Waals surface area (Å²) in [4.78, 5) is 6.34. The van der Waals surface area contributed by atoms with E-state index >= 15 is 0 Å². The Morgan fingerprint density at radius 2 is 0.951 bits per heavy atom. The van der Waals surface area contributed by atoms with Gasteiger partial charge in [-0.25, -0.2) is 0 Å². The number of allylic oxidation sites excluding steroid dienone is 1. The predicted octanol–water partition coefficient (Wildman–Crippen LogP) is 9.95. The zero-order valence-electron chi connectivity index (χ0n) is 22.4. The van der Waals surface area contributed by atoms with Gasteiger partial charge in [-0.1, -0.05) is 97.1 Å². The lowest BCUT2D eigenvalue weighted by molar-refractivity contribution is 1.28. The van der Waals surface area contributed by atoms with Crippen molar-refractivity contribution in [1.29, 1.82) is 5.26 Å². The molecule has 0 radical (unpaired) electrons. The van der Waals surface area contributed by atoms with E-state index < -0.39 is 0 Å². The molecule has 3 nitrogen and oxygen atoms in total. The molecule has 0 amide bonds. The number of benzene rings is 5. The molecule has 41 heavy (non-hydrogen) atoms. The number of aromatic nitrogens is 1. The number of hydrogen-bond acceptors (Lipinski definition) is 3. The second kappa shape index (κ2) is 12.0. The molecule has 0 aliphatic rings. The van der Waals surface area contributed by atoms with E-state index in [1.807, 2.05) is 54.6 Å². The molecular formula is C38H27N3. The molecule has 0 saturated carbocycles. The highest BCUT2D eigenvalue weighted by Gasteiger charge is 2.12. The lowest BCUT2D eigenvalue weighted by atomic mass is 9.99. The van der Waals surface area contributed by atoms with Crippen molar-refractivity contribution in [3.8, 4) is 28.3 Å². The highest BCUT2D eigenvalue weighted by atomic mass is 15.1. The molecule has 5 aromatic carbocycles. The molecule has 0 bridgehead atoms. The molecule has 3 heteroatoms. The van der Waals surface area contributed by atoms with Crippen molar-refractivity contribution < 1.29 is 0 Å². The molecule has 194 valence electrons. The van der Waals surface area contributed by atoms with E-state index in [9.17, 15) is 5.26 Å². The molecule has 6 aromatic rings. The maximum atomic E-state index is 9.86. The number of rotatable bonds is 7. The fourth-order valence-electron chi connectivity index (χ4n) is 4.91. The smallest absolute Gasteiger partial charge is 0.0998 e. The molecule has 6 rings (SSSR count). The van der Waals surface area contributed by atoms with Crippen LogP contribution in [0.25, 0.3) is 33.9 Å². The number of nitrogens with zero attached hydrogens (tertiary/aromatic N) is 3. The minimum atomic E-state index is 0.630. The molecule has 0 saturated heterocycles. The van der Waals surface area contributed by atoms with Crippen LogP contribution < -0.4 is 4.90 Å². The van der Waals surface area contributed by atoms with E-state index in [1.54, 1.807) is 12.4 Å². The van der Waals surface area contributed by atoms with Gasteiger partial charge in [0.1, 0.15) is 0 Å². The third-order valence-corrected chi connectivity index (χ3v) is 7.04. The van der Waals surface area contributed by atoms with Gasteiger partial charge in [0.25, 0.3) is 0 Å². The number of hydrogen-bond donors (Lipinski definition) is 0. The van der Waals surface area contributed by atoms with Crippen molar-refractivity contribution in [3.05, 3.63) is 169 Å². The third-order valence-electron chi connectivity index (χ3n) is 7.04. The van der Waals surface area contributed by atoms with Crippen LogP contribution in [0.4, 0.5) is 17.1 Å². The van der Waals surface area contributed by atoms with E-state index in [2.05, 4.69) is 113 Å². The van der Waals surface area contributed by atoms with Crippen LogP contribution in [0.1, 0.15) is 11.1 Å². The number of anilines is 3. The van der Waals surface area contributed by atoms with E-state index in [0.717, 1.165) is 50.4 Å². The molecule has 0 fully saturated rings. The zero-order valence-corrected chi connectivity index (χ0v) is 22.4. The summed E-state index contributed by atoms with van der Waals surface area (Å²) in [5, 5.41) is 9.86. The summed E-state index contributed by atoms with van der Waals surface area (Å²) in [6.45, 7) is 0. The Hall–Kier alpha value is -5.72. The largest absolute Gasteiger partial charge is 0.311 e. The van der Waals surface area contributed by atoms with Crippen LogP contribution in [0.15, 0.2) is 158 Å². The fraction of sp³-hybridized carbons (Fsp3) is 0. The van der Waals surface area contributed by atoms with Crippen LogP contribution in [0.2, 0.25) is 0 Å². The summed E-state index contributed by atoms with van der Waals surface area (Å²) in [5.41, 5.74) is 10.3. The summed E-state index contributed by atoms with van der Waals surface area (Å²) < 4.78 is 0. The first-order valence-corrected chi connectivity index (χ1v) is 13.5. The normalized spacial score (nSPS) is 11.0. The summed E-state index contributed by atoms with van der Waals surface area (Å²) in [6, 6.07) is 52.2. The van der Waals surface area contributed by atoms with Gasteiger partial charge in [0.15, 0.2) is 0 Å². The van der Waals surface area contributed by atoms with E-state index in [-0.39, 0.29) is 0 Å². The van der Waals surface area contributed by atoms with Crippen molar-refractivity contribution in [2.45, 2.75) is 0 Å². The van der Waals surface area contributed by atoms with Gasteiger partial charge in [0, 0.05) is 29.5 Å². The lowest BCUT2D eigenvalue weighted by Gasteiger charge is -2.25. The van der Waals surface area contributed by atoms with Gasteiger partial charge in [-0.05, 0) is 88.0 Å². The molecule has 0 atom stereocenters. The Labute approximate surface area is 240 Å². The Morgan fingerprint density at radius 3 is 1.46 bits per heavy atom. The van der Waals surface area contributed by atoms with Gasteiger partial charge in [0.05, 0.1) is 11.6 Å². The van der Waals surface area contributed by atoms with Crippen LogP contribution in [-0.4, -0.2) is 4.98 Å². The number of para-hydroxylation sites is 2. The van der Waals surface area contributed by atoms with Crippen LogP contribution in [0.5, 0.6) is 0 Å². The first-order valence-electron chi connectivity index (χ1n) is 13.5. The summed E-state index contributed by atoms with van der Waals surface area (Å²) in [5.74, 6) is 0. The lowest BCUT2D eigenvalue weighted by Crippen LogP contribution is -2.09. The van der Waals surface area contributed by atoms with Crippen LogP contribution in [0, 0.1) is 11.3 Å². The van der Waals surface area contributed by atoms with Crippen molar-refractivity contribution >= 4 is 28.7 Å².